The lowest BCUT2D eigenvalue weighted by molar-refractivity contribution is 0.102. The molecular formula is C23H23FN6O2. The predicted molar refractivity (Wildman–Crippen MR) is 121 cm³/mol. The third kappa shape index (κ3) is 4.51. The quantitative estimate of drug-likeness (QED) is 0.442. The van der Waals surface area contributed by atoms with Gasteiger partial charge >= 0.3 is 0 Å². The second kappa shape index (κ2) is 8.26. The first-order chi connectivity index (χ1) is 15.2. The van der Waals surface area contributed by atoms with Crippen molar-refractivity contribution >= 4 is 28.6 Å². The van der Waals surface area contributed by atoms with Crippen LogP contribution in [0.5, 0.6) is 0 Å². The van der Waals surface area contributed by atoms with Gasteiger partial charge in [-0.05, 0) is 62.7 Å². The molecule has 164 valence electrons. The van der Waals surface area contributed by atoms with Gasteiger partial charge in [-0.25, -0.2) is 9.07 Å². The summed E-state index contributed by atoms with van der Waals surface area (Å²) < 4.78 is 14.8. The van der Waals surface area contributed by atoms with E-state index in [0.29, 0.717) is 34.8 Å². The van der Waals surface area contributed by atoms with Crippen LogP contribution in [0, 0.1) is 5.82 Å². The Balaban J connectivity index is 1.50. The van der Waals surface area contributed by atoms with E-state index in [1.165, 1.54) is 30.5 Å². The van der Waals surface area contributed by atoms with Crippen LogP contribution in [0.1, 0.15) is 36.7 Å². The van der Waals surface area contributed by atoms with Crippen LogP contribution in [0.3, 0.4) is 0 Å². The molecule has 0 saturated heterocycles. The van der Waals surface area contributed by atoms with E-state index in [1.807, 2.05) is 39.0 Å². The van der Waals surface area contributed by atoms with Crippen molar-refractivity contribution in [2.24, 2.45) is 0 Å². The minimum absolute atomic E-state index is 0.270. The number of benzene rings is 2. The molecule has 4 rings (SSSR count). The van der Waals surface area contributed by atoms with Gasteiger partial charge in [0.15, 0.2) is 5.65 Å². The molecule has 0 radical (unpaired) electrons. The van der Waals surface area contributed by atoms with Crippen LogP contribution >= 0.6 is 0 Å². The number of amides is 1. The molecule has 9 heteroatoms. The topological polar surface area (TPSA) is 105 Å². The molecule has 32 heavy (non-hydrogen) atoms. The van der Waals surface area contributed by atoms with Crippen LogP contribution in [0.25, 0.3) is 11.0 Å². The maximum Gasteiger partial charge on any atom is 0.263 e. The SMILES string of the molecule is CC(C)(C)n1ncc2c(=O)[nH]c(NCc3cccc(NC(=O)c4ccc(F)cc4)c3)nc21. The van der Waals surface area contributed by atoms with E-state index in [4.69, 9.17) is 0 Å². The molecule has 0 fully saturated rings. The number of nitrogens with zero attached hydrogens (tertiary/aromatic N) is 3. The van der Waals surface area contributed by atoms with Crippen LogP contribution in [0.4, 0.5) is 16.0 Å². The predicted octanol–water partition coefficient (Wildman–Crippen LogP) is 3.88. The van der Waals surface area contributed by atoms with E-state index in [1.54, 1.807) is 10.7 Å². The Kier molecular flexibility index (Phi) is 5.48. The zero-order valence-electron chi connectivity index (χ0n) is 17.9. The monoisotopic (exact) mass is 434 g/mol. The van der Waals surface area contributed by atoms with Gasteiger partial charge in [0.25, 0.3) is 11.5 Å². The Morgan fingerprint density at radius 1 is 1.16 bits per heavy atom. The molecule has 0 aliphatic rings. The molecule has 0 unspecified atom stereocenters. The average Bonchev–Trinajstić information content (AvgIpc) is 3.18. The number of aromatic amines is 1. The summed E-state index contributed by atoms with van der Waals surface area (Å²) in [5.41, 5.74) is 1.74. The molecule has 0 atom stereocenters. The highest BCUT2D eigenvalue weighted by atomic mass is 19.1. The Morgan fingerprint density at radius 2 is 1.91 bits per heavy atom. The lowest BCUT2D eigenvalue weighted by Gasteiger charge is -2.19. The largest absolute Gasteiger partial charge is 0.352 e. The highest BCUT2D eigenvalue weighted by Gasteiger charge is 2.19. The van der Waals surface area contributed by atoms with Crippen LogP contribution in [-0.2, 0) is 12.1 Å². The van der Waals surface area contributed by atoms with Gasteiger partial charge in [-0.1, -0.05) is 12.1 Å². The fraction of sp³-hybridized carbons (Fsp3) is 0.217. The Hall–Kier alpha value is -4.01. The molecular weight excluding hydrogens is 411 g/mol. The van der Waals surface area contributed by atoms with E-state index in [-0.39, 0.29) is 17.0 Å². The molecule has 2 aromatic heterocycles. The van der Waals surface area contributed by atoms with Crippen molar-refractivity contribution in [3.63, 3.8) is 0 Å². The van der Waals surface area contributed by atoms with E-state index in [0.717, 1.165) is 5.56 Å². The van der Waals surface area contributed by atoms with Gasteiger partial charge in [-0.3, -0.25) is 14.6 Å². The summed E-state index contributed by atoms with van der Waals surface area (Å²) in [7, 11) is 0. The Morgan fingerprint density at radius 3 is 2.62 bits per heavy atom. The first kappa shape index (κ1) is 21.2. The van der Waals surface area contributed by atoms with Crippen molar-refractivity contribution in [2.45, 2.75) is 32.9 Å². The summed E-state index contributed by atoms with van der Waals surface area (Å²) in [6.07, 6.45) is 1.52. The first-order valence-corrected chi connectivity index (χ1v) is 10.1. The van der Waals surface area contributed by atoms with E-state index in [9.17, 15) is 14.0 Å². The van der Waals surface area contributed by atoms with Gasteiger partial charge in [0.05, 0.1) is 11.7 Å². The summed E-state index contributed by atoms with van der Waals surface area (Å²) in [6, 6.07) is 12.6. The van der Waals surface area contributed by atoms with Crippen LogP contribution < -0.4 is 16.2 Å². The van der Waals surface area contributed by atoms with Gasteiger partial charge in [0.2, 0.25) is 5.95 Å². The molecule has 0 bridgehead atoms. The maximum atomic E-state index is 13.1. The average molecular weight is 434 g/mol. The normalized spacial score (nSPS) is 11.5. The Labute approximate surface area is 183 Å². The molecule has 1 amide bonds. The summed E-state index contributed by atoms with van der Waals surface area (Å²) in [6.45, 7) is 6.34. The summed E-state index contributed by atoms with van der Waals surface area (Å²) in [5, 5.41) is 10.6. The number of rotatable bonds is 5. The molecule has 0 aliphatic heterocycles. The molecule has 0 spiro atoms. The van der Waals surface area contributed by atoms with Crippen molar-refractivity contribution in [1.82, 2.24) is 19.7 Å². The highest BCUT2D eigenvalue weighted by Crippen LogP contribution is 2.19. The van der Waals surface area contributed by atoms with Gasteiger partial charge in [0, 0.05) is 17.8 Å². The van der Waals surface area contributed by atoms with Crippen molar-refractivity contribution < 1.29 is 9.18 Å². The summed E-state index contributed by atoms with van der Waals surface area (Å²) >= 11 is 0. The van der Waals surface area contributed by atoms with Gasteiger partial charge in [0.1, 0.15) is 11.2 Å². The third-order valence-electron chi connectivity index (χ3n) is 4.82. The van der Waals surface area contributed by atoms with E-state index < -0.39 is 5.82 Å². The molecule has 0 aliphatic carbocycles. The van der Waals surface area contributed by atoms with Crippen molar-refractivity contribution in [3.05, 3.63) is 82.0 Å². The second-order valence-electron chi connectivity index (χ2n) is 8.39. The molecule has 2 heterocycles. The zero-order chi connectivity index (χ0) is 22.9. The molecule has 3 N–H and O–H groups in total. The number of hydrogen-bond acceptors (Lipinski definition) is 5. The third-order valence-corrected chi connectivity index (χ3v) is 4.82. The Bertz CT molecular complexity index is 1340. The zero-order valence-corrected chi connectivity index (χ0v) is 17.9. The number of anilines is 2. The number of carbonyl (C=O) groups is 1. The van der Waals surface area contributed by atoms with Crippen molar-refractivity contribution in [2.75, 3.05) is 10.6 Å². The number of carbonyl (C=O) groups excluding carboxylic acids is 1. The fourth-order valence-electron chi connectivity index (χ4n) is 3.24. The van der Waals surface area contributed by atoms with Crippen molar-refractivity contribution in [3.8, 4) is 0 Å². The smallest absolute Gasteiger partial charge is 0.263 e. The van der Waals surface area contributed by atoms with E-state index in [2.05, 4.69) is 25.7 Å². The number of fused-ring (bicyclic) bond motifs is 1. The van der Waals surface area contributed by atoms with Crippen LogP contribution in [0.15, 0.2) is 59.5 Å². The minimum atomic E-state index is -0.398. The molecule has 2 aromatic carbocycles. The highest BCUT2D eigenvalue weighted by molar-refractivity contribution is 6.04. The number of aromatic nitrogens is 4. The molecule has 4 aromatic rings. The fourth-order valence-corrected chi connectivity index (χ4v) is 3.24. The maximum absolute atomic E-state index is 13.1. The van der Waals surface area contributed by atoms with Gasteiger partial charge in [-0.15, -0.1) is 0 Å². The lowest BCUT2D eigenvalue weighted by atomic mass is 10.1. The number of nitrogens with one attached hydrogen (secondary N) is 3. The summed E-state index contributed by atoms with van der Waals surface area (Å²) in [5.74, 6) is -0.402. The van der Waals surface area contributed by atoms with Crippen molar-refractivity contribution in [1.29, 1.82) is 0 Å². The van der Waals surface area contributed by atoms with Gasteiger partial charge < -0.3 is 10.6 Å². The second-order valence-corrected chi connectivity index (χ2v) is 8.39. The van der Waals surface area contributed by atoms with E-state index >= 15 is 0 Å². The van der Waals surface area contributed by atoms with Crippen LogP contribution in [-0.4, -0.2) is 25.7 Å². The standard InChI is InChI=1S/C23H23FN6O2/c1-23(2,3)30-19-18(13-26-30)21(32)29-22(28-19)25-12-14-5-4-6-17(11-14)27-20(31)15-7-9-16(24)10-8-15/h4-11,13H,12H2,1-3H3,(H,27,31)(H2,25,28,29,32). The lowest BCUT2D eigenvalue weighted by Crippen LogP contribution is -2.24. The number of halogens is 1. The minimum Gasteiger partial charge on any atom is -0.352 e. The van der Waals surface area contributed by atoms with Crippen LogP contribution in [0.2, 0.25) is 0 Å². The molecule has 8 nitrogen and oxygen atoms in total. The number of hydrogen-bond donors (Lipinski definition) is 3. The summed E-state index contributed by atoms with van der Waals surface area (Å²) in [4.78, 5) is 32.0. The first-order valence-electron chi connectivity index (χ1n) is 10.1. The van der Waals surface area contributed by atoms with Gasteiger partial charge in [-0.2, -0.15) is 10.1 Å². The molecule has 0 saturated carbocycles. The number of H-pyrrole nitrogens is 1.